The van der Waals surface area contributed by atoms with Gasteiger partial charge in [-0.15, -0.1) is 0 Å². The summed E-state index contributed by atoms with van der Waals surface area (Å²) in [7, 11) is 0. The van der Waals surface area contributed by atoms with E-state index < -0.39 is 0 Å². The van der Waals surface area contributed by atoms with Crippen LogP contribution in [-0.4, -0.2) is 48.1 Å². The highest BCUT2D eigenvalue weighted by molar-refractivity contribution is 5.95. The Morgan fingerprint density at radius 2 is 1.92 bits per heavy atom. The number of pyridine rings is 1. The first kappa shape index (κ1) is 18.5. The molecule has 1 aliphatic rings. The van der Waals surface area contributed by atoms with Crippen LogP contribution >= 0.6 is 0 Å². The largest absolute Gasteiger partial charge is 0.378 e. The molecule has 26 heavy (non-hydrogen) atoms. The summed E-state index contributed by atoms with van der Waals surface area (Å²) >= 11 is 0. The van der Waals surface area contributed by atoms with Crippen molar-refractivity contribution in [3.05, 3.63) is 53.7 Å². The molecule has 0 aliphatic carbocycles. The molecule has 2 N–H and O–H groups in total. The van der Waals surface area contributed by atoms with Crippen LogP contribution in [0.4, 0.5) is 0 Å². The molecule has 5 nitrogen and oxygen atoms in total. The standard InChI is InChI=1S/C21H27N3O2/c1-16-19(8-9-20(23-16)17-6-3-2-4-7-17)21(25)24-13-10-18(11-14-24)26-15-5-12-22/h2-4,6-9,18H,5,10-15,22H2,1H3. The number of hydrogen-bond acceptors (Lipinski definition) is 4. The number of aryl methyl sites for hydroxylation is 1. The predicted molar refractivity (Wildman–Crippen MR) is 103 cm³/mol. The van der Waals surface area contributed by atoms with Crippen molar-refractivity contribution in [2.75, 3.05) is 26.2 Å². The summed E-state index contributed by atoms with van der Waals surface area (Å²) in [6.45, 7) is 4.72. The molecule has 0 bridgehead atoms. The van der Waals surface area contributed by atoms with Gasteiger partial charge in [-0.2, -0.15) is 0 Å². The smallest absolute Gasteiger partial charge is 0.255 e. The lowest BCUT2D eigenvalue weighted by atomic mass is 10.0. The van der Waals surface area contributed by atoms with E-state index >= 15 is 0 Å². The summed E-state index contributed by atoms with van der Waals surface area (Å²) in [5, 5.41) is 0. The molecule has 1 aromatic carbocycles. The zero-order valence-corrected chi connectivity index (χ0v) is 15.4. The molecule has 1 amide bonds. The molecule has 2 heterocycles. The average Bonchev–Trinajstić information content (AvgIpc) is 2.69. The van der Waals surface area contributed by atoms with E-state index in [1.54, 1.807) is 0 Å². The highest BCUT2D eigenvalue weighted by Gasteiger charge is 2.25. The van der Waals surface area contributed by atoms with Crippen LogP contribution in [0.5, 0.6) is 0 Å². The summed E-state index contributed by atoms with van der Waals surface area (Å²) in [6, 6.07) is 13.8. The highest BCUT2D eigenvalue weighted by atomic mass is 16.5. The van der Waals surface area contributed by atoms with Gasteiger partial charge in [0.15, 0.2) is 0 Å². The van der Waals surface area contributed by atoms with Gasteiger partial charge < -0.3 is 15.4 Å². The van der Waals surface area contributed by atoms with Crippen LogP contribution in [0.15, 0.2) is 42.5 Å². The number of carbonyl (C=O) groups excluding carboxylic acids is 1. The van der Waals surface area contributed by atoms with Gasteiger partial charge in [-0.3, -0.25) is 9.78 Å². The monoisotopic (exact) mass is 353 g/mol. The third kappa shape index (κ3) is 4.48. The lowest BCUT2D eigenvalue weighted by molar-refractivity contribution is 0.00842. The molecule has 0 unspecified atom stereocenters. The highest BCUT2D eigenvalue weighted by Crippen LogP contribution is 2.21. The van der Waals surface area contributed by atoms with E-state index in [0.717, 1.165) is 49.3 Å². The van der Waals surface area contributed by atoms with E-state index in [9.17, 15) is 4.79 Å². The van der Waals surface area contributed by atoms with E-state index in [-0.39, 0.29) is 12.0 Å². The minimum absolute atomic E-state index is 0.0648. The van der Waals surface area contributed by atoms with Gasteiger partial charge in [0.05, 0.1) is 23.1 Å². The Kier molecular flexibility index (Phi) is 6.36. The maximum absolute atomic E-state index is 12.9. The Morgan fingerprint density at radius 1 is 1.19 bits per heavy atom. The molecule has 1 fully saturated rings. The second kappa shape index (κ2) is 8.92. The van der Waals surface area contributed by atoms with Crippen molar-refractivity contribution < 1.29 is 9.53 Å². The van der Waals surface area contributed by atoms with E-state index in [4.69, 9.17) is 10.5 Å². The molecule has 138 valence electrons. The number of benzene rings is 1. The quantitative estimate of drug-likeness (QED) is 0.811. The van der Waals surface area contributed by atoms with Gasteiger partial charge in [0.1, 0.15) is 0 Å². The number of nitrogens with zero attached hydrogens (tertiary/aromatic N) is 2. The Hall–Kier alpha value is -2.24. The number of nitrogens with two attached hydrogens (primary N) is 1. The summed E-state index contributed by atoms with van der Waals surface area (Å²) in [4.78, 5) is 19.4. The Morgan fingerprint density at radius 3 is 2.58 bits per heavy atom. The topological polar surface area (TPSA) is 68.5 Å². The fourth-order valence-electron chi connectivity index (χ4n) is 3.29. The molecule has 1 aromatic heterocycles. The van der Waals surface area contributed by atoms with Crippen molar-refractivity contribution >= 4 is 5.91 Å². The van der Waals surface area contributed by atoms with Crippen molar-refractivity contribution in [2.45, 2.75) is 32.3 Å². The maximum Gasteiger partial charge on any atom is 0.255 e. The first-order valence-corrected chi connectivity index (χ1v) is 9.33. The molecule has 2 aromatic rings. The maximum atomic E-state index is 12.9. The van der Waals surface area contributed by atoms with Crippen molar-refractivity contribution in [3.63, 3.8) is 0 Å². The Labute approximate surface area is 155 Å². The van der Waals surface area contributed by atoms with Crippen LogP contribution in [0.25, 0.3) is 11.3 Å². The predicted octanol–water partition coefficient (Wildman–Crippen LogP) is 3.03. The summed E-state index contributed by atoms with van der Waals surface area (Å²) in [6.07, 6.45) is 2.89. The molecule has 1 saturated heterocycles. The van der Waals surface area contributed by atoms with Crippen LogP contribution < -0.4 is 5.73 Å². The normalized spacial score (nSPS) is 15.2. The number of amides is 1. The molecule has 5 heteroatoms. The van der Waals surface area contributed by atoms with Gasteiger partial charge in [-0.1, -0.05) is 30.3 Å². The van der Waals surface area contributed by atoms with Gasteiger partial charge in [-0.05, 0) is 44.9 Å². The molecular weight excluding hydrogens is 326 g/mol. The third-order valence-corrected chi connectivity index (χ3v) is 4.82. The van der Waals surface area contributed by atoms with Gasteiger partial charge >= 0.3 is 0 Å². The fraction of sp³-hybridized carbons (Fsp3) is 0.429. The number of hydrogen-bond donors (Lipinski definition) is 1. The summed E-state index contributed by atoms with van der Waals surface area (Å²) < 4.78 is 5.82. The second-order valence-corrected chi connectivity index (χ2v) is 6.70. The van der Waals surface area contributed by atoms with Gasteiger partial charge in [-0.25, -0.2) is 0 Å². The van der Waals surface area contributed by atoms with Crippen LogP contribution in [0.1, 0.15) is 35.3 Å². The second-order valence-electron chi connectivity index (χ2n) is 6.70. The van der Waals surface area contributed by atoms with Gasteiger partial charge in [0, 0.05) is 25.3 Å². The van der Waals surface area contributed by atoms with E-state index in [2.05, 4.69) is 4.98 Å². The molecular formula is C21H27N3O2. The summed E-state index contributed by atoms with van der Waals surface area (Å²) in [5.41, 5.74) is 8.91. The first-order valence-electron chi connectivity index (χ1n) is 9.33. The number of aromatic nitrogens is 1. The first-order chi connectivity index (χ1) is 12.7. The number of likely N-dealkylation sites (tertiary alicyclic amines) is 1. The molecule has 3 rings (SSSR count). The number of piperidine rings is 1. The van der Waals surface area contributed by atoms with Crippen molar-refractivity contribution in [1.29, 1.82) is 0 Å². The fourth-order valence-corrected chi connectivity index (χ4v) is 3.29. The van der Waals surface area contributed by atoms with E-state index in [1.807, 2.05) is 54.3 Å². The lowest BCUT2D eigenvalue weighted by Gasteiger charge is -2.32. The van der Waals surface area contributed by atoms with E-state index in [1.165, 1.54) is 0 Å². The zero-order valence-electron chi connectivity index (χ0n) is 15.4. The van der Waals surface area contributed by atoms with Crippen LogP contribution in [0, 0.1) is 6.92 Å². The number of rotatable bonds is 6. The van der Waals surface area contributed by atoms with Crippen molar-refractivity contribution in [1.82, 2.24) is 9.88 Å². The third-order valence-electron chi connectivity index (χ3n) is 4.82. The van der Waals surface area contributed by atoms with Crippen molar-refractivity contribution in [2.24, 2.45) is 5.73 Å². The molecule has 0 radical (unpaired) electrons. The Balaban J connectivity index is 1.62. The van der Waals surface area contributed by atoms with Crippen molar-refractivity contribution in [3.8, 4) is 11.3 Å². The van der Waals surface area contributed by atoms with Gasteiger partial charge in [0.2, 0.25) is 0 Å². The average molecular weight is 353 g/mol. The minimum atomic E-state index is 0.0648. The van der Waals surface area contributed by atoms with E-state index in [0.29, 0.717) is 18.7 Å². The Bertz CT molecular complexity index is 725. The molecule has 0 spiro atoms. The lowest BCUT2D eigenvalue weighted by Crippen LogP contribution is -2.41. The number of ether oxygens (including phenoxy) is 1. The van der Waals surface area contributed by atoms with Crippen LogP contribution in [0.3, 0.4) is 0 Å². The summed E-state index contributed by atoms with van der Waals surface area (Å²) in [5.74, 6) is 0.0648. The minimum Gasteiger partial charge on any atom is -0.378 e. The zero-order chi connectivity index (χ0) is 18.4. The van der Waals surface area contributed by atoms with Gasteiger partial charge in [0.25, 0.3) is 5.91 Å². The number of carbonyl (C=O) groups is 1. The molecule has 0 atom stereocenters. The SMILES string of the molecule is Cc1nc(-c2ccccc2)ccc1C(=O)N1CCC(OCCCN)CC1. The molecule has 0 saturated carbocycles. The molecule has 1 aliphatic heterocycles. The van der Waals surface area contributed by atoms with Crippen LogP contribution in [0.2, 0.25) is 0 Å². The van der Waals surface area contributed by atoms with Crippen LogP contribution in [-0.2, 0) is 4.74 Å².